The molecule has 1 rings (SSSR count). The van der Waals surface area contributed by atoms with Gasteiger partial charge in [-0.1, -0.05) is 0 Å². The summed E-state index contributed by atoms with van der Waals surface area (Å²) < 4.78 is 5.00. The van der Waals surface area contributed by atoms with Crippen molar-refractivity contribution in [2.45, 2.75) is 12.8 Å². The van der Waals surface area contributed by atoms with Crippen LogP contribution in [0.1, 0.15) is 12.8 Å². The Morgan fingerprint density at radius 3 is 2.33 bits per heavy atom. The third-order valence-corrected chi connectivity index (χ3v) is 3.74. The van der Waals surface area contributed by atoms with Gasteiger partial charge < -0.3 is 24.5 Å². The zero-order valence-electron chi connectivity index (χ0n) is 13.2. The number of aliphatic hydroxyl groups is 1. The SMILES string of the molecule is COCCN(CCO)C(=O)C1CCN(C(=O)N(C)C)CC1. The molecule has 7 nitrogen and oxygen atoms in total. The number of ether oxygens (including phenoxy) is 1. The van der Waals surface area contributed by atoms with Gasteiger partial charge >= 0.3 is 6.03 Å². The van der Waals surface area contributed by atoms with Crippen LogP contribution < -0.4 is 0 Å². The molecule has 1 fully saturated rings. The van der Waals surface area contributed by atoms with Gasteiger partial charge in [-0.15, -0.1) is 0 Å². The first-order chi connectivity index (χ1) is 10.0. The van der Waals surface area contributed by atoms with Crippen LogP contribution in [0.3, 0.4) is 0 Å². The minimum atomic E-state index is -0.0698. The molecule has 0 aliphatic carbocycles. The van der Waals surface area contributed by atoms with E-state index in [1.165, 1.54) is 0 Å². The first-order valence-corrected chi connectivity index (χ1v) is 7.36. The van der Waals surface area contributed by atoms with Gasteiger partial charge in [0.25, 0.3) is 0 Å². The van der Waals surface area contributed by atoms with Crippen LogP contribution in [0.15, 0.2) is 0 Å². The highest BCUT2D eigenvalue weighted by Gasteiger charge is 2.30. The summed E-state index contributed by atoms with van der Waals surface area (Å²) in [6.07, 6.45) is 1.35. The second kappa shape index (κ2) is 8.84. The van der Waals surface area contributed by atoms with Crippen LogP contribution in [0, 0.1) is 5.92 Å². The molecule has 7 heteroatoms. The first kappa shape index (κ1) is 17.7. The number of urea groups is 1. The highest BCUT2D eigenvalue weighted by molar-refractivity contribution is 5.79. The molecule has 122 valence electrons. The fourth-order valence-electron chi connectivity index (χ4n) is 2.51. The smallest absolute Gasteiger partial charge is 0.319 e. The van der Waals surface area contributed by atoms with E-state index in [9.17, 15) is 9.59 Å². The summed E-state index contributed by atoms with van der Waals surface area (Å²) >= 11 is 0. The molecule has 0 aromatic heterocycles. The summed E-state index contributed by atoms with van der Waals surface area (Å²) in [5.74, 6) is -0.0160. The quantitative estimate of drug-likeness (QED) is 0.740. The Morgan fingerprint density at radius 2 is 1.86 bits per heavy atom. The van der Waals surface area contributed by atoms with Crippen LogP contribution in [0.2, 0.25) is 0 Å². The van der Waals surface area contributed by atoms with Crippen LogP contribution in [0.4, 0.5) is 4.79 Å². The van der Waals surface area contributed by atoms with Crippen LogP contribution >= 0.6 is 0 Å². The van der Waals surface area contributed by atoms with Gasteiger partial charge in [0, 0.05) is 53.3 Å². The van der Waals surface area contributed by atoms with E-state index in [1.807, 2.05) is 0 Å². The molecular formula is C14H27N3O4. The number of piperidine rings is 1. The van der Waals surface area contributed by atoms with Gasteiger partial charge in [0.1, 0.15) is 0 Å². The number of nitrogens with zero attached hydrogens (tertiary/aromatic N) is 3. The van der Waals surface area contributed by atoms with E-state index < -0.39 is 0 Å². The number of aliphatic hydroxyl groups excluding tert-OH is 1. The fourth-order valence-corrected chi connectivity index (χ4v) is 2.51. The maximum absolute atomic E-state index is 12.4. The van der Waals surface area contributed by atoms with Gasteiger partial charge in [-0.25, -0.2) is 4.79 Å². The Balaban J connectivity index is 2.51. The monoisotopic (exact) mass is 301 g/mol. The number of likely N-dealkylation sites (tertiary alicyclic amines) is 1. The lowest BCUT2D eigenvalue weighted by molar-refractivity contribution is -0.138. The molecular weight excluding hydrogens is 274 g/mol. The fraction of sp³-hybridized carbons (Fsp3) is 0.857. The molecule has 1 aliphatic heterocycles. The van der Waals surface area contributed by atoms with Crippen LogP contribution in [-0.2, 0) is 9.53 Å². The highest BCUT2D eigenvalue weighted by atomic mass is 16.5. The lowest BCUT2D eigenvalue weighted by Gasteiger charge is -2.35. The predicted octanol–water partition coefficient (Wildman–Crippen LogP) is -0.153. The van der Waals surface area contributed by atoms with Gasteiger partial charge in [0.15, 0.2) is 0 Å². The minimum absolute atomic E-state index is 0.00695. The molecule has 0 bridgehead atoms. The Kier molecular flexibility index (Phi) is 7.45. The average molecular weight is 301 g/mol. The zero-order chi connectivity index (χ0) is 15.8. The van der Waals surface area contributed by atoms with Crippen molar-refractivity contribution in [3.05, 3.63) is 0 Å². The maximum atomic E-state index is 12.4. The Labute approximate surface area is 126 Å². The highest BCUT2D eigenvalue weighted by Crippen LogP contribution is 2.20. The molecule has 1 N–H and O–H groups in total. The van der Waals surface area contributed by atoms with Crippen LogP contribution in [0.25, 0.3) is 0 Å². The van der Waals surface area contributed by atoms with Crippen molar-refractivity contribution in [3.63, 3.8) is 0 Å². The van der Waals surface area contributed by atoms with Gasteiger partial charge in [-0.3, -0.25) is 4.79 Å². The summed E-state index contributed by atoms with van der Waals surface area (Å²) in [7, 11) is 5.05. The second-order valence-electron chi connectivity index (χ2n) is 5.48. The number of hydrogen-bond acceptors (Lipinski definition) is 4. The molecule has 1 saturated heterocycles. The number of rotatable bonds is 6. The first-order valence-electron chi connectivity index (χ1n) is 7.36. The molecule has 1 heterocycles. The van der Waals surface area contributed by atoms with Crippen molar-refractivity contribution in [1.82, 2.24) is 14.7 Å². The van der Waals surface area contributed by atoms with Crippen molar-refractivity contribution in [1.29, 1.82) is 0 Å². The predicted molar refractivity (Wildman–Crippen MR) is 78.9 cm³/mol. The number of amides is 3. The lowest BCUT2D eigenvalue weighted by Crippen LogP contribution is -2.48. The molecule has 0 aromatic carbocycles. The van der Waals surface area contributed by atoms with E-state index in [4.69, 9.17) is 9.84 Å². The van der Waals surface area contributed by atoms with Crippen molar-refractivity contribution >= 4 is 11.9 Å². The van der Waals surface area contributed by atoms with E-state index in [-0.39, 0.29) is 24.5 Å². The number of methoxy groups -OCH3 is 1. The van der Waals surface area contributed by atoms with E-state index >= 15 is 0 Å². The summed E-state index contributed by atoms with van der Waals surface area (Å²) in [6, 6.07) is -0.00695. The van der Waals surface area contributed by atoms with E-state index in [0.717, 1.165) is 0 Å². The maximum Gasteiger partial charge on any atom is 0.319 e. The van der Waals surface area contributed by atoms with Crippen LogP contribution in [0.5, 0.6) is 0 Å². The number of carbonyl (C=O) groups excluding carboxylic acids is 2. The van der Waals surface area contributed by atoms with Gasteiger partial charge in [0.05, 0.1) is 13.2 Å². The van der Waals surface area contributed by atoms with Crippen LogP contribution in [-0.4, -0.2) is 92.3 Å². The number of hydrogen-bond donors (Lipinski definition) is 1. The number of carbonyl (C=O) groups is 2. The summed E-state index contributed by atoms with van der Waals surface area (Å²) in [4.78, 5) is 29.3. The Bertz CT molecular complexity index is 341. The van der Waals surface area contributed by atoms with Gasteiger partial charge in [-0.2, -0.15) is 0 Å². The van der Waals surface area contributed by atoms with Gasteiger partial charge in [-0.05, 0) is 12.8 Å². The van der Waals surface area contributed by atoms with E-state index in [1.54, 1.807) is 35.9 Å². The molecule has 0 saturated carbocycles. The molecule has 3 amide bonds. The Morgan fingerprint density at radius 1 is 1.24 bits per heavy atom. The largest absolute Gasteiger partial charge is 0.395 e. The average Bonchev–Trinajstić information content (AvgIpc) is 2.50. The molecule has 1 aliphatic rings. The normalized spacial score (nSPS) is 15.9. The minimum Gasteiger partial charge on any atom is -0.395 e. The van der Waals surface area contributed by atoms with E-state index in [2.05, 4.69) is 0 Å². The molecule has 0 spiro atoms. The molecule has 0 aromatic rings. The lowest BCUT2D eigenvalue weighted by atomic mass is 9.95. The third-order valence-electron chi connectivity index (χ3n) is 3.74. The van der Waals surface area contributed by atoms with Crippen molar-refractivity contribution in [3.8, 4) is 0 Å². The summed E-state index contributed by atoms with van der Waals surface area (Å²) in [5, 5.41) is 9.07. The van der Waals surface area contributed by atoms with Crippen molar-refractivity contribution in [2.24, 2.45) is 5.92 Å². The van der Waals surface area contributed by atoms with Crippen molar-refractivity contribution in [2.75, 3.05) is 60.6 Å². The molecule has 0 unspecified atom stereocenters. The molecule has 21 heavy (non-hydrogen) atoms. The molecule has 0 radical (unpaired) electrons. The summed E-state index contributed by atoms with van der Waals surface area (Å²) in [6.45, 7) is 2.44. The second-order valence-corrected chi connectivity index (χ2v) is 5.48. The standard InChI is InChI=1S/C14H27N3O4/c1-15(2)14(20)17-6-4-12(5-7-17)13(19)16(8-10-18)9-11-21-3/h12,18H,4-11H2,1-3H3. The summed E-state index contributed by atoms with van der Waals surface area (Å²) in [5.41, 5.74) is 0. The van der Waals surface area contributed by atoms with E-state index in [0.29, 0.717) is 45.6 Å². The Hall–Kier alpha value is -1.34. The van der Waals surface area contributed by atoms with Crippen molar-refractivity contribution < 1.29 is 19.4 Å². The molecule has 0 atom stereocenters. The third kappa shape index (κ3) is 5.17. The zero-order valence-corrected chi connectivity index (χ0v) is 13.2. The van der Waals surface area contributed by atoms with Gasteiger partial charge in [0.2, 0.25) is 5.91 Å². The topological polar surface area (TPSA) is 73.3 Å².